The van der Waals surface area contributed by atoms with Gasteiger partial charge in [0.1, 0.15) is 12.0 Å². The van der Waals surface area contributed by atoms with E-state index in [0.717, 1.165) is 42.0 Å². The topological polar surface area (TPSA) is 49.5 Å². The van der Waals surface area contributed by atoms with Crippen LogP contribution in [0, 0.1) is 13.8 Å². The van der Waals surface area contributed by atoms with Crippen molar-refractivity contribution in [1.82, 2.24) is 9.88 Å². The highest BCUT2D eigenvalue weighted by Gasteiger charge is 2.14. The van der Waals surface area contributed by atoms with E-state index >= 15 is 0 Å². The lowest BCUT2D eigenvalue weighted by molar-refractivity contribution is 0.218. The van der Waals surface area contributed by atoms with Crippen molar-refractivity contribution in [1.29, 1.82) is 0 Å². The summed E-state index contributed by atoms with van der Waals surface area (Å²) >= 11 is 0. The van der Waals surface area contributed by atoms with Crippen LogP contribution in [0.25, 0.3) is 11.5 Å². The van der Waals surface area contributed by atoms with Gasteiger partial charge in [-0.25, -0.2) is 4.98 Å². The average Bonchev–Trinajstić information content (AvgIpc) is 2.94. The minimum absolute atomic E-state index is 0.346. The number of hydrogen-bond acceptors (Lipinski definition) is 4. The Kier molecular flexibility index (Phi) is 3.97. The molecule has 1 aromatic heterocycles. The van der Waals surface area contributed by atoms with Gasteiger partial charge in [-0.2, -0.15) is 0 Å². The molecule has 2 heterocycles. The Hall–Kier alpha value is -1.81. The first-order chi connectivity index (χ1) is 10.1. The predicted octanol–water partition coefficient (Wildman–Crippen LogP) is 3.65. The van der Waals surface area contributed by atoms with Crippen LogP contribution in [0.1, 0.15) is 36.1 Å². The number of piperidine rings is 1. The zero-order valence-corrected chi connectivity index (χ0v) is 12.7. The molecule has 0 atom stereocenters. The first-order valence-electron chi connectivity index (χ1n) is 7.61. The second-order valence-electron chi connectivity index (χ2n) is 5.94. The Morgan fingerprint density at radius 1 is 1.14 bits per heavy atom. The number of phenols is 1. The van der Waals surface area contributed by atoms with Crippen molar-refractivity contribution >= 4 is 0 Å². The van der Waals surface area contributed by atoms with E-state index in [0.29, 0.717) is 11.6 Å². The second kappa shape index (κ2) is 5.90. The quantitative estimate of drug-likeness (QED) is 0.935. The summed E-state index contributed by atoms with van der Waals surface area (Å²) in [6.07, 6.45) is 5.65. The third-order valence-corrected chi connectivity index (χ3v) is 4.12. The highest BCUT2D eigenvalue weighted by atomic mass is 16.3. The number of aromatic hydroxyl groups is 1. The molecule has 0 amide bonds. The fourth-order valence-electron chi connectivity index (χ4n) is 2.94. The third kappa shape index (κ3) is 3.10. The third-order valence-electron chi connectivity index (χ3n) is 4.12. The Bertz CT molecular complexity index is 604. The largest absolute Gasteiger partial charge is 0.507 e. The molecule has 1 aliphatic rings. The maximum absolute atomic E-state index is 9.84. The van der Waals surface area contributed by atoms with Gasteiger partial charge in [0.25, 0.3) is 0 Å². The van der Waals surface area contributed by atoms with Gasteiger partial charge in [-0.05, 0) is 63.0 Å². The molecule has 0 radical (unpaired) electrons. The van der Waals surface area contributed by atoms with Crippen LogP contribution < -0.4 is 0 Å². The summed E-state index contributed by atoms with van der Waals surface area (Å²) in [5, 5.41) is 9.84. The van der Waals surface area contributed by atoms with Gasteiger partial charge >= 0.3 is 0 Å². The van der Waals surface area contributed by atoms with E-state index in [4.69, 9.17) is 4.42 Å². The van der Waals surface area contributed by atoms with Gasteiger partial charge in [-0.3, -0.25) is 4.90 Å². The highest BCUT2D eigenvalue weighted by molar-refractivity contribution is 5.59. The van der Waals surface area contributed by atoms with Gasteiger partial charge in [-0.1, -0.05) is 6.42 Å². The van der Waals surface area contributed by atoms with Crippen LogP contribution in [0.5, 0.6) is 5.75 Å². The van der Waals surface area contributed by atoms with Crippen LogP contribution in [0.15, 0.2) is 22.8 Å². The van der Waals surface area contributed by atoms with Crippen molar-refractivity contribution < 1.29 is 9.52 Å². The molecule has 1 aliphatic heterocycles. The molecule has 0 bridgehead atoms. The van der Waals surface area contributed by atoms with Crippen LogP contribution in [0.4, 0.5) is 0 Å². The lowest BCUT2D eigenvalue weighted by Gasteiger charge is -2.25. The Balaban J connectivity index is 1.78. The van der Waals surface area contributed by atoms with Crippen molar-refractivity contribution in [3.63, 3.8) is 0 Å². The second-order valence-corrected chi connectivity index (χ2v) is 5.94. The van der Waals surface area contributed by atoms with E-state index in [2.05, 4.69) is 9.88 Å². The number of aryl methyl sites for hydroxylation is 2. The van der Waals surface area contributed by atoms with Gasteiger partial charge in [-0.15, -0.1) is 0 Å². The van der Waals surface area contributed by atoms with E-state index in [1.807, 2.05) is 26.0 Å². The number of hydrogen-bond donors (Lipinski definition) is 1. The molecule has 4 nitrogen and oxygen atoms in total. The molecule has 0 saturated carbocycles. The molecule has 21 heavy (non-hydrogen) atoms. The molecule has 1 fully saturated rings. The summed E-state index contributed by atoms with van der Waals surface area (Å²) < 4.78 is 5.62. The van der Waals surface area contributed by atoms with Crippen molar-refractivity contribution in [3.05, 3.63) is 35.2 Å². The lowest BCUT2D eigenvalue weighted by atomic mass is 10.1. The standard InChI is InChI=1S/C17H22N2O2/c1-12-8-14(9-13(2)16(12)20)17-18-15(11-21-17)10-19-6-4-3-5-7-19/h8-9,11,20H,3-7,10H2,1-2H3. The summed E-state index contributed by atoms with van der Waals surface area (Å²) in [5.74, 6) is 0.979. The van der Waals surface area contributed by atoms with Crippen LogP contribution in [-0.2, 0) is 6.54 Å². The zero-order chi connectivity index (χ0) is 14.8. The number of rotatable bonds is 3. The summed E-state index contributed by atoms with van der Waals surface area (Å²) in [6, 6.07) is 3.83. The Morgan fingerprint density at radius 2 is 1.81 bits per heavy atom. The summed E-state index contributed by atoms with van der Waals surface area (Å²) in [6.45, 7) is 6.95. The number of benzene rings is 1. The SMILES string of the molecule is Cc1cc(-c2nc(CN3CCCCC3)co2)cc(C)c1O. The number of phenolic OH excluding ortho intramolecular Hbond substituents is 1. The molecule has 0 spiro atoms. The normalized spacial score (nSPS) is 16.3. The van der Waals surface area contributed by atoms with Gasteiger partial charge < -0.3 is 9.52 Å². The number of aromatic nitrogens is 1. The predicted molar refractivity (Wildman–Crippen MR) is 82.2 cm³/mol. The first kappa shape index (κ1) is 14.1. The maximum atomic E-state index is 9.84. The van der Waals surface area contributed by atoms with Crippen LogP contribution in [-0.4, -0.2) is 28.1 Å². The Labute approximate surface area is 125 Å². The van der Waals surface area contributed by atoms with Crippen molar-refractivity contribution in [3.8, 4) is 17.2 Å². The van der Waals surface area contributed by atoms with Gasteiger partial charge in [0.05, 0.1) is 5.69 Å². The summed E-state index contributed by atoms with van der Waals surface area (Å²) in [4.78, 5) is 7.03. The molecule has 112 valence electrons. The lowest BCUT2D eigenvalue weighted by Crippen LogP contribution is -2.29. The fourth-order valence-corrected chi connectivity index (χ4v) is 2.94. The summed E-state index contributed by atoms with van der Waals surface area (Å²) in [7, 11) is 0. The molecule has 4 heteroatoms. The molecule has 3 rings (SSSR count). The van der Waals surface area contributed by atoms with Crippen LogP contribution >= 0.6 is 0 Å². The molecule has 0 unspecified atom stereocenters. The molecule has 0 aliphatic carbocycles. The minimum Gasteiger partial charge on any atom is -0.507 e. The average molecular weight is 286 g/mol. The maximum Gasteiger partial charge on any atom is 0.226 e. The van der Waals surface area contributed by atoms with E-state index in [1.165, 1.54) is 19.3 Å². The molecule has 1 saturated heterocycles. The number of likely N-dealkylation sites (tertiary alicyclic amines) is 1. The van der Waals surface area contributed by atoms with E-state index < -0.39 is 0 Å². The van der Waals surface area contributed by atoms with Gasteiger partial charge in [0.2, 0.25) is 5.89 Å². The van der Waals surface area contributed by atoms with Gasteiger partial charge in [0.15, 0.2) is 0 Å². The van der Waals surface area contributed by atoms with Crippen molar-refractivity contribution in [2.45, 2.75) is 39.7 Å². The summed E-state index contributed by atoms with van der Waals surface area (Å²) in [5.41, 5.74) is 3.60. The Morgan fingerprint density at radius 3 is 2.48 bits per heavy atom. The van der Waals surface area contributed by atoms with Gasteiger partial charge in [0, 0.05) is 12.1 Å². The van der Waals surface area contributed by atoms with Crippen LogP contribution in [0.3, 0.4) is 0 Å². The smallest absolute Gasteiger partial charge is 0.226 e. The highest BCUT2D eigenvalue weighted by Crippen LogP contribution is 2.29. The monoisotopic (exact) mass is 286 g/mol. The van der Waals surface area contributed by atoms with Crippen molar-refractivity contribution in [2.75, 3.05) is 13.1 Å². The van der Waals surface area contributed by atoms with Crippen molar-refractivity contribution in [2.24, 2.45) is 0 Å². The molecular formula is C17H22N2O2. The molecule has 2 aromatic rings. The van der Waals surface area contributed by atoms with E-state index in [9.17, 15) is 5.11 Å². The molecule has 1 aromatic carbocycles. The van der Waals surface area contributed by atoms with E-state index in [-0.39, 0.29) is 0 Å². The zero-order valence-electron chi connectivity index (χ0n) is 12.7. The number of oxazole rings is 1. The van der Waals surface area contributed by atoms with E-state index in [1.54, 1.807) is 6.26 Å². The molecular weight excluding hydrogens is 264 g/mol. The first-order valence-corrected chi connectivity index (χ1v) is 7.61. The fraction of sp³-hybridized carbons (Fsp3) is 0.471. The molecule has 1 N–H and O–H groups in total. The minimum atomic E-state index is 0.346. The number of nitrogens with zero attached hydrogens (tertiary/aromatic N) is 2. The van der Waals surface area contributed by atoms with Crippen LogP contribution in [0.2, 0.25) is 0 Å².